The SMILES string of the molecule is O=CCn1cc(C(O)(c2ccc3c(cnn3-c3ccc(F)cc3)c2)C(F)(F)F)c2ccc(Br)cc21. The Morgan fingerprint density at radius 2 is 1.74 bits per heavy atom. The smallest absolute Gasteiger partial charge is 0.372 e. The maximum atomic E-state index is 14.6. The van der Waals surface area contributed by atoms with Gasteiger partial charge in [-0.05, 0) is 54.1 Å². The van der Waals surface area contributed by atoms with E-state index >= 15 is 0 Å². The predicted molar refractivity (Wildman–Crippen MR) is 126 cm³/mol. The Balaban J connectivity index is 1.72. The lowest BCUT2D eigenvalue weighted by molar-refractivity contribution is -0.247. The van der Waals surface area contributed by atoms with Crippen molar-refractivity contribution in [3.05, 3.63) is 94.5 Å². The third kappa shape index (κ3) is 3.73. The third-order valence-corrected chi connectivity index (χ3v) is 6.47. The van der Waals surface area contributed by atoms with Gasteiger partial charge in [-0.2, -0.15) is 18.3 Å². The molecular weight excluding hydrogens is 530 g/mol. The Morgan fingerprint density at radius 3 is 2.43 bits per heavy atom. The van der Waals surface area contributed by atoms with Crippen LogP contribution in [-0.4, -0.2) is 31.9 Å². The highest BCUT2D eigenvalue weighted by Gasteiger charge is 2.57. The number of carbonyl (C=O) groups excluding carboxylic acids is 1. The Bertz CT molecular complexity index is 1570. The van der Waals surface area contributed by atoms with Crippen LogP contribution >= 0.6 is 15.9 Å². The summed E-state index contributed by atoms with van der Waals surface area (Å²) in [5.74, 6) is -0.427. The van der Waals surface area contributed by atoms with Crippen molar-refractivity contribution < 1.29 is 27.5 Å². The number of aromatic nitrogens is 3. The van der Waals surface area contributed by atoms with Crippen LogP contribution in [0.2, 0.25) is 0 Å². The molecule has 35 heavy (non-hydrogen) atoms. The van der Waals surface area contributed by atoms with Gasteiger partial charge in [0.15, 0.2) is 0 Å². The van der Waals surface area contributed by atoms with E-state index in [9.17, 15) is 27.5 Å². The summed E-state index contributed by atoms with van der Waals surface area (Å²) in [6, 6.07) is 14.0. The fourth-order valence-corrected chi connectivity index (χ4v) is 4.65. The average Bonchev–Trinajstić information content (AvgIpc) is 3.40. The molecule has 10 heteroatoms. The molecule has 5 rings (SSSR count). The average molecular weight is 546 g/mol. The van der Waals surface area contributed by atoms with E-state index in [0.717, 1.165) is 6.20 Å². The van der Waals surface area contributed by atoms with Crippen LogP contribution in [0.25, 0.3) is 27.5 Å². The van der Waals surface area contributed by atoms with Gasteiger partial charge in [-0.25, -0.2) is 9.07 Å². The topological polar surface area (TPSA) is 60.1 Å². The molecule has 1 atom stereocenters. The highest BCUT2D eigenvalue weighted by Crippen LogP contribution is 2.47. The van der Waals surface area contributed by atoms with E-state index < -0.39 is 23.2 Å². The molecule has 0 amide bonds. The molecule has 0 aliphatic rings. The fourth-order valence-electron chi connectivity index (χ4n) is 4.30. The van der Waals surface area contributed by atoms with E-state index in [0.29, 0.717) is 32.9 Å². The second-order valence-electron chi connectivity index (χ2n) is 8.04. The molecule has 0 spiro atoms. The van der Waals surface area contributed by atoms with Gasteiger partial charge in [0.2, 0.25) is 5.60 Å². The summed E-state index contributed by atoms with van der Waals surface area (Å²) in [6.07, 6.45) is -1.97. The van der Waals surface area contributed by atoms with Crippen LogP contribution in [0.3, 0.4) is 0 Å². The first kappa shape index (κ1) is 23.3. The molecule has 1 N–H and O–H groups in total. The van der Waals surface area contributed by atoms with Gasteiger partial charge < -0.3 is 14.5 Å². The highest BCUT2D eigenvalue weighted by atomic mass is 79.9. The first-order valence-electron chi connectivity index (χ1n) is 10.4. The lowest BCUT2D eigenvalue weighted by Gasteiger charge is -2.31. The Labute approximate surface area is 204 Å². The molecule has 0 bridgehead atoms. The molecule has 0 saturated heterocycles. The van der Waals surface area contributed by atoms with Crippen LogP contribution < -0.4 is 0 Å². The number of nitrogens with zero attached hydrogens (tertiary/aromatic N) is 3. The van der Waals surface area contributed by atoms with Crippen molar-refractivity contribution in [2.45, 2.75) is 18.3 Å². The van der Waals surface area contributed by atoms with Gasteiger partial charge in [-0.3, -0.25) is 0 Å². The van der Waals surface area contributed by atoms with Crippen molar-refractivity contribution in [3.8, 4) is 5.69 Å². The van der Waals surface area contributed by atoms with E-state index in [-0.39, 0.29) is 17.5 Å². The van der Waals surface area contributed by atoms with E-state index in [1.54, 1.807) is 12.1 Å². The van der Waals surface area contributed by atoms with Gasteiger partial charge in [-0.1, -0.05) is 28.1 Å². The third-order valence-electron chi connectivity index (χ3n) is 5.97. The number of fused-ring (bicyclic) bond motifs is 2. The molecule has 0 fully saturated rings. The summed E-state index contributed by atoms with van der Waals surface area (Å²) in [4.78, 5) is 11.2. The summed E-state index contributed by atoms with van der Waals surface area (Å²) in [5.41, 5.74) is -2.77. The number of aldehydes is 1. The number of alkyl halides is 3. The van der Waals surface area contributed by atoms with Crippen LogP contribution in [0.5, 0.6) is 0 Å². The molecule has 3 aromatic carbocycles. The molecule has 1 unspecified atom stereocenters. The van der Waals surface area contributed by atoms with E-state index in [1.165, 1.54) is 64.0 Å². The number of hydrogen-bond acceptors (Lipinski definition) is 3. The first-order chi connectivity index (χ1) is 16.6. The van der Waals surface area contributed by atoms with Crippen LogP contribution in [0.4, 0.5) is 17.6 Å². The zero-order valence-corrected chi connectivity index (χ0v) is 19.4. The van der Waals surface area contributed by atoms with E-state index in [1.807, 2.05) is 0 Å². The number of hydrogen-bond donors (Lipinski definition) is 1. The molecule has 0 aliphatic heterocycles. The quantitative estimate of drug-likeness (QED) is 0.221. The van der Waals surface area contributed by atoms with Crippen molar-refractivity contribution in [1.29, 1.82) is 0 Å². The monoisotopic (exact) mass is 545 g/mol. The normalized spacial score (nSPS) is 13.9. The number of benzene rings is 3. The molecule has 2 aromatic heterocycles. The molecule has 2 heterocycles. The van der Waals surface area contributed by atoms with Crippen molar-refractivity contribution in [2.75, 3.05) is 0 Å². The summed E-state index contributed by atoms with van der Waals surface area (Å²) >= 11 is 3.30. The highest BCUT2D eigenvalue weighted by molar-refractivity contribution is 9.10. The van der Waals surface area contributed by atoms with Gasteiger partial charge in [0, 0.05) is 32.5 Å². The Hall–Kier alpha value is -3.50. The van der Waals surface area contributed by atoms with Crippen LogP contribution in [0, 0.1) is 5.82 Å². The van der Waals surface area contributed by atoms with Gasteiger partial charge in [0.05, 0.1) is 23.9 Å². The Morgan fingerprint density at radius 1 is 1.00 bits per heavy atom. The van der Waals surface area contributed by atoms with Crippen molar-refractivity contribution in [1.82, 2.24) is 14.3 Å². The first-order valence-corrected chi connectivity index (χ1v) is 11.2. The number of aliphatic hydroxyl groups is 1. The summed E-state index contributed by atoms with van der Waals surface area (Å²) in [7, 11) is 0. The van der Waals surface area contributed by atoms with Gasteiger partial charge >= 0.3 is 6.18 Å². The predicted octanol–water partition coefficient (Wildman–Crippen LogP) is 5.88. The number of carbonyl (C=O) groups is 1. The van der Waals surface area contributed by atoms with Crippen molar-refractivity contribution in [2.24, 2.45) is 0 Å². The maximum absolute atomic E-state index is 14.6. The van der Waals surface area contributed by atoms with Crippen LogP contribution in [0.1, 0.15) is 11.1 Å². The molecule has 5 aromatic rings. The van der Waals surface area contributed by atoms with Crippen molar-refractivity contribution >= 4 is 44.0 Å². The number of halogens is 5. The van der Waals surface area contributed by atoms with Gasteiger partial charge in [0.1, 0.15) is 12.1 Å². The van der Waals surface area contributed by atoms with Gasteiger partial charge in [0.25, 0.3) is 0 Å². The summed E-state index contributed by atoms with van der Waals surface area (Å²) < 4.78 is 60.5. The van der Waals surface area contributed by atoms with Crippen LogP contribution in [-0.2, 0) is 16.9 Å². The second kappa shape index (κ2) is 8.31. The summed E-state index contributed by atoms with van der Waals surface area (Å²) in [5, 5.41) is 16.1. The minimum absolute atomic E-state index is 0.164. The van der Waals surface area contributed by atoms with Crippen molar-refractivity contribution in [3.63, 3.8) is 0 Å². The standard InChI is InChI=1S/C25H16BrF4N3O2/c26-17-2-7-20-21(14-32(9-10-34)23(20)12-17)24(35,25(28,29)30)16-1-8-22-15(11-16)13-31-33(22)19-5-3-18(27)4-6-19/h1-8,10-14,35H,9H2. The minimum Gasteiger partial charge on any atom is -0.372 e. The number of rotatable bonds is 5. The molecule has 0 aliphatic carbocycles. The van der Waals surface area contributed by atoms with Gasteiger partial charge in [-0.15, -0.1) is 0 Å². The molecule has 5 nitrogen and oxygen atoms in total. The molecule has 178 valence electrons. The van der Waals surface area contributed by atoms with E-state index in [4.69, 9.17) is 0 Å². The lowest BCUT2D eigenvalue weighted by atomic mass is 9.85. The summed E-state index contributed by atoms with van der Waals surface area (Å²) in [6.45, 7) is -0.176. The zero-order chi connectivity index (χ0) is 25.0. The largest absolute Gasteiger partial charge is 0.425 e. The second-order valence-corrected chi connectivity index (χ2v) is 8.95. The van der Waals surface area contributed by atoms with E-state index in [2.05, 4.69) is 21.0 Å². The fraction of sp³-hybridized carbons (Fsp3) is 0.120. The van der Waals surface area contributed by atoms with Crippen LogP contribution in [0.15, 0.2) is 77.5 Å². The Kier molecular flexibility index (Phi) is 5.52. The molecule has 0 saturated carbocycles. The zero-order valence-electron chi connectivity index (χ0n) is 17.8. The minimum atomic E-state index is -5.08. The maximum Gasteiger partial charge on any atom is 0.425 e. The lowest BCUT2D eigenvalue weighted by Crippen LogP contribution is -2.43. The molecular formula is C25H16BrF4N3O2. The molecule has 0 radical (unpaired) electrons.